The van der Waals surface area contributed by atoms with E-state index >= 15 is 0 Å². The molecule has 1 rings (SSSR count). The van der Waals surface area contributed by atoms with Crippen LogP contribution in [0.5, 0.6) is 0 Å². The normalized spacial score (nSPS) is 12.2. The summed E-state index contributed by atoms with van der Waals surface area (Å²) in [5, 5.41) is 22.3. The van der Waals surface area contributed by atoms with Crippen molar-refractivity contribution in [3.63, 3.8) is 0 Å². The van der Waals surface area contributed by atoms with Crippen LogP contribution in [0.2, 0.25) is 0 Å². The van der Waals surface area contributed by atoms with Gasteiger partial charge in [-0.05, 0) is 25.3 Å². The van der Waals surface area contributed by atoms with Crippen LogP contribution in [0, 0.1) is 0 Å². The lowest BCUT2D eigenvalue weighted by Crippen LogP contribution is -2.47. The minimum atomic E-state index is -1.11. The molecular weight excluding hydrogens is 268 g/mol. The fourth-order valence-electron chi connectivity index (χ4n) is 1.62. The highest BCUT2D eigenvalue weighted by Crippen LogP contribution is 2.19. The maximum atomic E-state index is 12.0. The highest BCUT2D eigenvalue weighted by molar-refractivity contribution is 7.10. The number of amides is 2. The number of thiophene rings is 1. The van der Waals surface area contributed by atoms with Gasteiger partial charge in [0.2, 0.25) is 0 Å². The Labute approximate surface area is 115 Å². The van der Waals surface area contributed by atoms with Crippen molar-refractivity contribution in [2.75, 3.05) is 13.2 Å². The van der Waals surface area contributed by atoms with Crippen molar-refractivity contribution < 1.29 is 19.8 Å². The molecule has 6 nitrogen and oxygen atoms in total. The number of hydrogen-bond acceptors (Lipinski definition) is 4. The van der Waals surface area contributed by atoms with Gasteiger partial charge in [0, 0.05) is 17.5 Å². The second-order valence-electron chi connectivity index (χ2n) is 4.25. The Bertz CT molecular complexity index is 419. The van der Waals surface area contributed by atoms with Crippen molar-refractivity contribution in [2.24, 2.45) is 0 Å². The summed E-state index contributed by atoms with van der Waals surface area (Å²) in [6.45, 7) is 3.61. The van der Waals surface area contributed by atoms with Gasteiger partial charge in [-0.3, -0.25) is 0 Å². The van der Waals surface area contributed by atoms with Gasteiger partial charge in [-0.2, -0.15) is 0 Å². The molecule has 0 fully saturated rings. The Hall–Kier alpha value is -1.60. The highest BCUT2D eigenvalue weighted by Gasteiger charge is 2.26. The summed E-state index contributed by atoms with van der Waals surface area (Å²) in [6.07, 6.45) is 0. The number of aliphatic carboxylic acids is 1. The summed E-state index contributed by atoms with van der Waals surface area (Å²) < 4.78 is 0. The Morgan fingerprint density at radius 3 is 2.58 bits per heavy atom. The molecule has 106 valence electrons. The zero-order chi connectivity index (χ0) is 14.4. The fraction of sp³-hybridized carbons (Fsp3) is 0.500. The zero-order valence-corrected chi connectivity index (χ0v) is 11.7. The Balaban J connectivity index is 2.79. The molecule has 0 aliphatic rings. The third-order valence-electron chi connectivity index (χ3n) is 2.57. The van der Waals surface area contributed by atoms with E-state index in [1.54, 1.807) is 31.4 Å². The number of rotatable bonds is 6. The molecule has 0 aromatic carbocycles. The van der Waals surface area contributed by atoms with Gasteiger partial charge >= 0.3 is 12.0 Å². The molecule has 0 spiro atoms. The molecule has 0 aliphatic heterocycles. The molecule has 0 saturated carbocycles. The molecule has 0 radical (unpaired) electrons. The van der Waals surface area contributed by atoms with Crippen LogP contribution in [-0.2, 0) is 4.79 Å². The number of aliphatic hydroxyl groups excluding tert-OH is 1. The molecule has 7 heteroatoms. The van der Waals surface area contributed by atoms with E-state index in [2.05, 4.69) is 5.32 Å². The lowest BCUT2D eigenvalue weighted by Gasteiger charge is -2.27. The molecule has 1 aromatic heterocycles. The quantitative estimate of drug-likeness (QED) is 0.735. The third-order valence-corrected chi connectivity index (χ3v) is 3.50. The maximum Gasteiger partial charge on any atom is 0.331 e. The van der Waals surface area contributed by atoms with Crippen molar-refractivity contribution in [1.82, 2.24) is 10.2 Å². The smallest absolute Gasteiger partial charge is 0.331 e. The highest BCUT2D eigenvalue weighted by atomic mass is 32.1. The molecule has 19 heavy (non-hydrogen) atoms. The van der Waals surface area contributed by atoms with E-state index in [9.17, 15) is 9.59 Å². The Morgan fingerprint density at radius 2 is 2.16 bits per heavy atom. The fourth-order valence-corrected chi connectivity index (χ4v) is 2.39. The maximum absolute atomic E-state index is 12.0. The minimum Gasteiger partial charge on any atom is -0.479 e. The number of carbonyl (C=O) groups is 2. The lowest BCUT2D eigenvalue weighted by molar-refractivity contribution is -0.139. The van der Waals surface area contributed by atoms with Gasteiger partial charge in [0.15, 0.2) is 6.04 Å². The molecule has 0 aliphatic carbocycles. The van der Waals surface area contributed by atoms with Gasteiger partial charge in [-0.15, -0.1) is 11.3 Å². The second kappa shape index (κ2) is 7.10. The van der Waals surface area contributed by atoms with Crippen LogP contribution >= 0.6 is 11.3 Å². The summed E-state index contributed by atoms with van der Waals surface area (Å²) in [7, 11) is 0. The van der Waals surface area contributed by atoms with E-state index in [1.807, 2.05) is 0 Å². The van der Waals surface area contributed by atoms with Crippen LogP contribution < -0.4 is 5.32 Å². The summed E-state index contributed by atoms with van der Waals surface area (Å²) in [5.74, 6) is -1.11. The predicted octanol–water partition coefficient (Wildman–Crippen LogP) is 1.29. The lowest BCUT2D eigenvalue weighted by atomic mass is 10.2. The van der Waals surface area contributed by atoms with E-state index in [0.717, 1.165) is 0 Å². The predicted molar refractivity (Wildman–Crippen MR) is 72.2 cm³/mol. The van der Waals surface area contributed by atoms with Crippen LogP contribution in [0.3, 0.4) is 0 Å². The van der Waals surface area contributed by atoms with Crippen LogP contribution in [0.25, 0.3) is 0 Å². The van der Waals surface area contributed by atoms with E-state index < -0.39 is 18.0 Å². The van der Waals surface area contributed by atoms with Crippen LogP contribution in [-0.4, -0.2) is 46.3 Å². The van der Waals surface area contributed by atoms with Gasteiger partial charge in [-0.1, -0.05) is 6.07 Å². The average molecular weight is 286 g/mol. The first-order valence-electron chi connectivity index (χ1n) is 5.91. The summed E-state index contributed by atoms with van der Waals surface area (Å²) >= 11 is 1.27. The standard InChI is InChI=1S/C12H18N2O4S/c1-8(2)14(5-6-15)12(18)13-10(11(16)17)9-4-3-7-19-9/h3-4,7-8,10,15H,5-6H2,1-2H3,(H,13,18)(H,16,17). The van der Waals surface area contributed by atoms with Crippen LogP contribution in [0.4, 0.5) is 4.79 Å². The topological polar surface area (TPSA) is 89.9 Å². The molecule has 0 bridgehead atoms. The number of nitrogens with one attached hydrogen (secondary N) is 1. The summed E-state index contributed by atoms with van der Waals surface area (Å²) in [4.78, 5) is 25.2. The second-order valence-corrected chi connectivity index (χ2v) is 5.23. The number of carboxylic acids is 1. The molecule has 1 unspecified atom stereocenters. The molecule has 1 aromatic rings. The van der Waals surface area contributed by atoms with Crippen molar-refractivity contribution >= 4 is 23.3 Å². The summed E-state index contributed by atoms with van der Waals surface area (Å²) in [5.41, 5.74) is 0. The number of nitrogens with zero attached hydrogens (tertiary/aromatic N) is 1. The molecule has 3 N–H and O–H groups in total. The number of aliphatic hydroxyl groups is 1. The van der Waals surface area contributed by atoms with Crippen molar-refractivity contribution in [1.29, 1.82) is 0 Å². The van der Waals surface area contributed by atoms with E-state index in [4.69, 9.17) is 10.2 Å². The SMILES string of the molecule is CC(C)N(CCO)C(=O)NC(C(=O)O)c1cccs1. The van der Waals surface area contributed by atoms with Crippen molar-refractivity contribution in [3.8, 4) is 0 Å². The van der Waals surface area contributed by atoms with E-state index in [0.29, 0.717) is 4.88 Å². The van der Waals surface area contributed by atoms with Gasteiger partial charge in [0.25, 0.3) is 0 Å². The largest absolute Gasteiger partial charge is 0.479 e. The first-order chi connectivity index (χ1) is 8.97. The molecule has 1 heterocycles. The molecule has 1 atom stereocenters. The monoisotopic (exact) mass is 286 g/mol. The van der Waals surface area contributed by atoms with Crippen LogP contribution in [0.15, 0.2) is 17.5 Å². The van der Waals surface area contributed by atoms with Gasteiger partial charge in [0.05, 0.1) is 6.61 Å². The number of carbonyl (C=O) groups excluding carboxylic acids is 1. The Kier molecular flexibility index (Phi) is 5.78. The number of hydrogen-bond donors (Lipinski definition) is 3. The summed E-state index contributed by atoms with van der Waals surface area (Å²) in [6, 6.07) is 1.72. The molecular formula is C12H18N2O4S. The zero-order valence-electron chi connectivity index (χ0n) is 10.9. The Morgan fingerprint density at radius 1 is 1.47 bits per heavy atom. The number of carboxylic acid groups (broad SMARTS) is 1. The average Bonchev–Trinajstić information content (AvgIpc) is 2.85. The minimum absolute atomic E-state index is 0.120. The van der Waals surface area contributed by atoms with Gasteiger partial charge in [0.1, 0.15) is 0 Å². The third kappa shape index (κ3) is 4.22. The van der Waals surface area contributed by atoms with Gasteiger partial charge < -0.3 is 20.4 Å². The molecule has 2 amide bonds. The molecule has 0 saturated heterocycles. The first kappa shape index (κ1) is 15.5. The number of urea groups is 1. The van der Waals surface area contributed by atoms with Crippen LogP contribution in [0.1, 0.15) is 24.8 Å². The van der Waals surface area contributed by atoms with Gasteiger partial charge in [-0.25, -0.2) is 9.59 Å². The van der Waals surface area contributed by atoms with E-state index in [1.165, 1.54) is 16.2 Å². The van der Waals surface area contributed by atoms with Crippen molar-refractivity contribution in [3.05, 3.63) is 22.4 Å². The van der Waals surface area contributed by atoms with Crippen molar-refractivity contribution in [2.45, 2.75) is 25.9 Å². The first-order valence-corrected chi connectivity index (χ1v) is 6.79. The van der Waals surface area contributed by atoms with E-state index in [-0.39, 0.29) is 19.2 Å².